The Kier molecular flexibility index (Phi) is 7.64. The standard InChI is InChI=1S/C15H21FN2O2.ClH/c1-20-10-13-6-12(4-5-14(13)16)8-18-15(19)9-17-7-11-2-3-11;/h4-6,11,17H,2-3,7-10H2,1H3,(H,18,19);1H. The number of carbonyl (C=O) groups excluding carboxylic acids is 1. The van der Waals surface area contributed by atoms with Gasteiger partial charge in [-0.05, 0) is 43.0 Å². The summed E-state index contributed by atoms with van der Waals surface area (Å²) in [6, 6.07) is 4.80. The smallest absolute Gasteiger partial charge is 0.234 e. The van der Waals surface area contributed by atoms with Crippen molar-refractivity contribution < 1.29 is 13.9 Å². The zero-order chi connectivity index (χ0) is 14.4. The van der Waals surface area contributed by atoms with E-state index >= 15 is 0 Å². The molecule has 2 rings (SSSR count). The molecule has 2 N–H and O–H groups in total. The maximum atomic E-state index is 13.4. The molecule has 1 aliphatic rings. The second-order valence-corrected chi connectivity index (χ2v) is 5.21. The van der Waals surface area contributed by atoms with Crippen molar-refractivity contribution in [3.63, 3.8) is 0 Å². The fourth-order valence-electron chi connectivity index (χ4n) is 1.98. The molecule has 1 aromatic carbocycles. The van der Waals surface area contributed by atoms with Crippen molar-refractivity contribution in [1.82, 2.24) is 10.6 Å². The Hall–Kier alpha value is -1.17. The molecule has 0 heterocycles. The van der Waals surface area contributed by atoms with E-state index in [-0.39, 0.29) is 30.7 Å². The predicted octanol–water partition coefficient (Wildman–Crippen LogP) is 2.01. The molecule has 1 amide bonds. The lowest BCUT2D eigenvalue weighted by atomic mass is 10.1. The summed E-state index contributed by atoms with van der Waals surface area (Å²) in [6.45, 7) is 1.89. The number of nitrogens with one attached hydrogen (secondary N) is 2. The molecule has 0 radical (unpaired) electrons. The van der Waals surface area contributed by atoms with E-state index in [2.05, 4.69) is 10.6 Å². The zero-order valence-electron chi connectivity index (χ0n) is 12.2. The summed E-state index contributed by atoms with van der Waals surface area (Å²) in [5.41, 5.74) is 1.38. The molecule has 4 nitrogen and oxygen atoms in total. The Bertz CT molecular complexity index is 467. The first-order valence-electron chi connectivity index (χ1n) is 6.92. The van der Waals surface area contributed by atoms with Gasteiger partial charge < -0.3 is 15.4 Å². The number of amides is 1. The van der Waals surface area contributed by atoms with E-state index in [1.807, 2.05) is 0 Å². The average molecular weight is 317 g/mol. The number of hydrogen-bond donors (Lipinski definition) is 2. The third-order valence-corrected chi connectivity index (χ3v) is 3.32. The topological polar surface area (TPSA) is 50.4 Å². The van der Waals surface area contributed by atoms with Crippen LogP contribution < -0.4 is 10.6 Å². The molecule has 0 bridgehead atoms. The highest BCUT2D eigenvalue weighted by Crippen LogP contribution is 2.27. The third kappa shape index (κ3) is 6.42. The van der Waals surface area contributed by atoms with Gasteiger partial charge in [0.25, 0.3) is 0 Å². The fraction of sp³-hybridized carbons (Fsp3) is 0.533. The van der Waals surface area contributed by atoms with Gasteiger partial charge in [-0.15, -0.1) is 12.4 Å². The molecule has 118 valence electrons. The van der Waals surface area contributed by atoms with Gasteiger partial charge in [0.1, 0.15) is 5.82 Å². The van der Waals surface area contributed by atoms with Crippen molar-refractivity contribution in [2.75, 3.05) is 20.2 Å². The molecule has 0 aliphatic heterocycles. The minimum absolute atomic E-state index is 0. The maximum absolute atomic E-state index is 13.4. The van der Waals surface area contributed by atoms with Gasteiger partial charge in [0.05, 0.1) is 13.2 Å². The molecule has 21 heavy (non-hydrogen) atoms. The van der Waals surface area contributed by atoms with Gasteiger partial charge in [-0.2, -0.15) is 0 Å². The van der Waals surface area contributed by atoms with Crippen LogP contribution >= 0.6 is 12.4 Å². The number of rotatable bonds is 8. The molecule has 0 saturated heterocycles. The van der Waals surface area contributed by atoms with Crippen LogP contribution in [0.2, 0.25) is 0 Å². The minimum Gasteiger partial charge on any atom is -0.380 e. The van der Waals surface area contributed by atoms with Crippen LogP contribution in [0.5, 0.6) is 0 Å². The molecule has 0 spiro atoms. The summed E-state index contributed by atoms with van der Waals surface area (Å²) in [5.74, 6) is 0.438. The first kappa shape index (κ1) is 17.9. The summed E-state index contributed by atoms with van der Waals surface area (Å²) in [5, 5.41) is 5.95. The average Bonchev–Trinajstić information content (AvgIpc) is 3.24. The van der Waals surface area contributed by atoms with Crippen LogP contribution in [0.4, 0.5) is 4.39 Å². The molecule has 0 atom stereocenters. The summed E-state index contributed by atoms with van der Waals surface area (Å²) in [6.07, 6.45) is 2.54. The number of ether oxygens (including phenoxy) is 1. The quantitative estimate of drug-likeness (QED) is 0.771. The number of carbonyl (C=O) groups is 1. The summed E-state index contributed by atoms with van der Waals surface area (Å²) >= 11 is 0. The number of hydrogen-bond acceptors (Lipinski definition) is 3. The van der Waals surface area contributed by atoms with Gasteiger partial charge in [-0.1, -0.05) is 6.07 Å². The monoisotopic (exact) mass is 316 g/mol. The highest BCUT2D eigenvalue weighted by Gasteiger charge is 2.20. The normalized spacial score (nSPS) is 13.6. The molecule has 1 fully saturated rings. The summed E-state index contributed by atoms with van der Waals surface area (Å²) < 4.78 is 18.4. The van der Waals surface area contributed by atoms with E-state index in [9.17, 15) is 9.18 Å². The molecule has 0 unspecified atom stereocenters. The first-order valence-corrected chi connectivity index (χ1v) is 6.92. The summed E-state index contributed by atoms with van der Waals surface area (Å²) in [4.78, 5) is 11.6. The van der Waals surface area contributed by atoms with Crippen molar-refractivity contribution >= 4 is 18.3 Å². The van der Waals surface area contributed by atoms with Crippen LogP contribution in [0.15, 0.2) is 18.2 Å². The minimum atomic E-state index is -0.284. The maximum Gasteiger partial charge on any atom is 0.234 e. The van der Waals surface area contributed by atoms with Crippen LogP contribution in [-0.2, 0) is 22.7 Å². The predicted molar refractivity (Wildman–Crippen MR) is 81.8 cm³/mol. The second-order valence-electron chi connectivity index (χ2n) is 5.21. The van der Waals surface area contributed by atoms with E-state index in [0.29, 0.717) is 18.7 Å². The van der Waals surface area contributed by atoms with Gasteiger partial charge in [0.15, 0.2) is 0 Å². The molecule has 1 aliphatic carbocycles. The Balaban J connectivity index is 0.00000220. The van der Waals surface area contributed by atoms with Gasteiger partial charge in [0, 0.05) is 19.2 Å². The number of benzene rings is 1. The Morgan fingerprint density at radius 3 is 2.86 bits per heavy atom. The van der Waals surface area contributed by atoms with Crippen LogP contribution in [0.1, 0.15) is 24.0 Å². The number of methoxy groups -OCH3 is 1. The lowest BCUT2D eigenvalue weighted by Crippen LogP contribution is -2.34. The summed E-state index contributed by atoms with van der Waals surface area (Å²) in [7, 11) is 1.53. The van der Waals surface area contributed by atoms with Crippen molar-refractivity contribution in [2.45, 2.75) is 26.0 Å². The lowest BCUT2D eigenvalue weighted by molar-refractivity contribution is -0.120. The molecular weight excluding hydrogens is 295 g/mol. The van der Waals surface area contributed by atoms with Crippen LogP contribution in [-0.4, -0.2) is 26.1 Å². The van der Waals surface area contributed by atoms with Gasteiger partial charge >= 0.3 is 0 Å². The molecule has 6 heteroatoms. The van der Waals surface area contributed by atoms with Crippen molar-refractivity contribution in [2.24, 2.45) is 5.92 Å². The highest BCUT2D eigenvalue weighted by atomic mass is 35.5. The van der Waals surface area contributed by atoms with Crippen LogP contribution in [0.25, 0.3) is 0 Å². The Morgan fingerprint density at radius 1 is 1.43 bits per heavy atom. The molecule has 1 saturated carbocycles. The van der Waals surface area contributed by atoms with Crippen molar-refractivity contribution in [1.29, 1.82) is 0 Å². The van der Waals surface area contributed by atoms with E-state index in [1.54, 1.807) is 12.1 Å². The van der Waals surface area contributed by atoms with Crippen molar-refractivity contribution in [3.05, 3.63) is 35.1 Å². The van der Waals surface area contributed by atoms with E-state index in [0.717, 1.165) is 18.0 Å². The second kappa shape index (κ2) is 8.97. The lowest BCUT2D eigenvalue weighted by Gasteiger charge is -2.08. The molecular formula is C15H22ClFN2O2. The highest BCUT2D eigenvalue weighted by molar-refractivity contribution is 5.85. The van der Waals surface area contributed by atoms with Gasteiger partial charge in [-0.3, -0.25) is 4.79 Å². The Labute approximate surface area is 130 Å². The SMILES string of the molecule is COCc1cc(CNC(=O)CNCC2CC2)ccc1F.Cl. The zero-order valence-corrected chi connectivity index (χ0v) is 13.0. The third-order valence-electron chi connectivity index (χ3n) is 3.32. The van der Waals surface area contributed by atoms with Crippen molar-refractivity contribution in [3.8, 4) is 0 Å². The number of halogens is 2. The fourth-order valence-corrected chi connectivity index (χ4v) is 1.98. The van der Waals surface area contributed by atoms with E-state index < -0.39 is 0 Å². The van der Waals surface area contributed by atoms with Crippen LogP contribution in [0.3, 0.4) is 0 Å². The van der Waals surface area contributed by atoms with Crippen LogP contribution in [0, 0.1) is 11.7 Å². The molecule has 1 aromatic rings. The van der Waals surface area contributed by atoms with E-state index in [1.165, 1.54) is 26.0 Å². The molecule has 0 aromatic heterocycles. The van der Waals surface area contributed by atoms with Gasteiger partial charge in [-0.25, -0.2) is 4.39 Å². The largest absolute Gasteiger partial charge is 0.380 e. The first-order chi connectivity index (χ1) is 9.69. The van der Waals surface area contributed by atoms with E-state index in [4.69, 9.17) is 4.74 Å². The van der Waals surface area contributed by atoms with Gasteiger partial charge in [0.2, 0.25) is 5.91 Å². The Morgan fingerprint density at radius 2 is 2.19 bits per heavy atom.